The van der Waals surface area contributed by atoms with E-state index in [0.29, 0.717) is 17.5 Å². The second-order valence-electron chi connectivity index (χ2n) is 4.74. The highest BCUT2D eigenvalue weighted by atomic mass is 32.2. The number of benzene rings is 1. The van der Waals surface area contributed by atoms with E-state index in [1.807, 2.05) is 35.7 Å². The largest absolute Gasteiger partial charge is 0.346 e. The van der Waals surface area contributed by atoms with Crippen molar-refractivity contribution in [3.8, 4) is 10.7 Å². The van der Waals surface area contributed by atoms with Crippen molar-refractivity contribution in [2.24, 2.45) is 0 Å². The molecule has 3 rings (SSSR count). The first-order chi connectivity index (χ1) is 11.3. The summed E-state index contributed by atoms with van der Waals surface area (Å²) in [5.41, 5.74) is 1.21. The summed E-state index contributed by atoms with van der Waals surface area (Å²) in [7, 11) is 0. The summed E-state index contributed by atoms with van der Waals surface area (Å²) < 4.78 is 5.14. The molecular formula is C16H15N3O2S2. The maximum Gasteiger partial charge on any atom is 0.246 e. The zero-order chi connectivity index (χ0) is 15.9. The number of carbonyl (C=O) groups excluding carboxylic acids is 1. The smallest absolute Gasteiger partial charge is 0.246 e. The second-order valence-corrected chi connectivity index (χ2v) is 6.68. The fraction of sp³-hybridized carbons (Fsp3) is 0.188. The molecule has 0 aliphatic carbocycles. The van der Waals surface area contributed by atoms with Gasteiger partial charge in [-0.1, -0.05) is 41.6 Å². The summed E-state index contributed by atoms with van der Waals surface area (Å²) in [4.78, 5) is 17.0. The van der Waals surface area contributed by atoms with E-state index in [2.05, 4.69) is 27.6 Å². The number of nitrogens with one attached hydrogen (secondary N) is 1. The van der Waals surface area contributed by atoms with E-state index >= 15 is 0 Å². The molecule has 0 saturated heterocycles. The minimum Gasteiger partial charge on any atom is -0.346 e. The van der Waals surface area contributed by atoms with Gasteiger partial charge < -0.3 is 9.84 Å². The van der Waals surface area contributed by atoms with Gasteiger partial charge in [-0.15, -0.1) is 23.1 Å². The molecule has 0 aliphatic heterocycles. The number of amides is 1. The summed E-state index contributed by atoms with van der Waals surface area (Å²) >= 11 is 3.12. The van der Waals surface area contributed by atoms with Crippen molar-refractivity contribution in [1.29, 1.82) is 0 Å². The van der Waals surface area contributed by atoms with E-state index in [9.17, 15) is 4.79 Å². The predicted molar refractivity (Wildman–Crippen MR) is 92.1 cm³/mol. The minimum absolute atomic E-state index is 0.0400. The van der Waals surface area contributed by atoms with E-state index in [-0.39, 0.29) is 12.5 Å². The molecule has 2 aromatic heterocycles. The molecule has 0 atom stereocenters. The van der Waals surface area contributed by atoms with Crippen LogP contribution in [-0.4, -0.2) is 21.8 Å². The quantitative estimate of drug-likeness (QED) is 0.711. The Morgan fingerprint density at radius 1 is 1.22 bits per heavy atom. The fourth-order valence-corrected chi connectivity index (χ4v) is 3.36. The van der Waals surface area contributed by atoms with Crippen LogP contribution in [0.4, 0.5) is 0 Å². The Labute approximate surface area is 142 Å². The monoisotopic (exact) mass is 345 g/mol. The molecular weight excluding hydrogens is 330 g/mol. The number of nitrogens with zero attached hydrogens (tertiary/aromatic N) is 2. The Hall–Kier alpha value is -2.12. The van der Waals surface area contributed by atoms with Gasteiger partial charge in [-0.2, -0.15) is 4.98 Å². The maximum absolute atomic E-state index is 11.8. The SMILES string of the molecule is O=C(CSCc1ccccc1)NCc1nc(-c2cccs2)no1. The lowest BCUT2D eigenvalue weighted by Crippen LogP contribution is -2.24. The molecule has 0 fully saturated rings. The lowest BCUT2D eigenvalue weighted by molar-refractivity contribution is -0.118. The van der Waals surface area contributed by atoms with Gasteiger partial charge >= 0.3 is 0 Å². The van der Waals surface area contributed by atoms with E-state index < -0.39 is 0 Å². The minimum atomic E-state index is -0.0400. The number of hydrogen-bond acceptors (Lipinski definition) is 6. The lowest BCUT2D eigenvalue weighted by atomic mass is 10.2. The number of thioether (sulfide) groups is 1. The van der Waals surface area contributed by atoms with Gasteiger partial charge in [0.05, 0.1) is 17.2 Å². The molecule has 2 heterocycles. The Bertz CT molecular complexity index is 742. The number of aromatic nitrogens is 2. The first kappa shape index (κ1) is 15.8. The van der Waals surface area contributed by atoms with Crippen LogP contribution in [0.25, 0.3) is 10.7 Å². The molecule has 7 heteroatoms. The van der Waals surface area contributed by atoms with Gasteiger partial charge in [0, 0.05) is 5.75 Å². The first-order valence-corrected chi connectivity index (χ1v) is 9.09. The van der Waals surface area contributed by atoms with E-state index in [1.165, 1.54) is 5.56 Å². The summed E-state index contributed by atoms with van der Waals surface area (Å²) in [6.07, 6.45) is 0. The van der Waals surface area contributed by atoms with Crippen LogP contribution >= 0.6 is 23.1 Å². The van der Waals surface area contributed by atoms with Crippen molar-refractivity contribution in [2.45, 2.75) is 12.3 Å². The van der Waals surface area contributed by atoms with Crippen molar-refractivity contribution in [3.05, 3.63) is 59.3 Å². The van der Waals surface area contributed by atoms with Crippen molar-refractivity contribution in [2.75, 3.05) is 5.75 Å². The zero-order valence-corrected chi connectivity index (χ0v) is 13.9. The lowest BCUT2D eigenvalue weighted by Gasteiger charge is -2.02. The third-order valence-electron chi connectivity index (χ3n) is 2.99. The molecule has 1 aromatic carbocycles. The number of rotatable bonds is 7. The van der Waals surface area contributed by atoms with E-state index in [0.717, 1.165) is 10.6 Å². The van der Waals surface area contributed by atoms with Crippen LogP contribution < -0.4 is 5.32 Å². The summed E-state index contributed by atoms with van der Waals surface area (Å²) in [5.74, 6) is 2.15. The molecule has 0 unspecified atom stereocenters. The van der Waals surface area contributed by atoms with Crippen LogP contribution in [0.5, 0.6) is 0 Å². The molecule has 118 valence electrons. The van der Waals surface area contributed by atoms with Crippen molar-refractivity contribution in [1.82, 2.24) is 15.5 Å². The summed E-state index contributed by atoms with van der Waals surface area (Å²) in [6, 6.07) is 13.9. The van der Waals surface area contributed by atoms with Crippen LogP contribution in [0, 0.1) is 0 Å². The zero-order valence-electron chi connectivity index (χ0n) is 12.3. The van der Waals surface area contributed by atoms with E-state index in [4.69, 9.17) is 4.52 Å². The molecule has 1 N–H and O–H groups in total. The van der Waals surface area contributed by atoms with Crippen LogP contribution in [0.3, 0.4) is 0 Å². The van der Waals surface area contributed by atoms with Crippen LogP contribution in [-0.2, 0) is 17.1 Å². The fourth-order valence-electron chi connectivity index (χ4n) is 1.89. The molecule has 23 heavy (non-hydrogen) atoms. The van der Waals surface area contributed by atoms with Gasteiger partial charge in [-0.05, 0) is 17.0 Å². The van der Waals surface area contributed by atoms with Crippen molar-refractivity contribution < 1.29 is 9.32 Å². The van der Waals surface area contributed by atoms with Gasteiger partial charge in [-0.25, -0.2) is 0 Å². The topological polar surface area (TPSA) is 68.0 Å². The highest BCUT2D eigenvalue weighted by Gasteiger charge is 2.10. The molecule has 0 radical (unpaired) electrons. The van der Waals surface area contributed by atoms with Crippen molar-refractivity contribution in [3.63, 3.8) is 0 Å². The van der Waals surface area contributed by atoms with Crippen LogP contribution in [0.2, 0.25) is 0 Å². The number of hydrogen-bond donors (Lipinski definition) is 1. The maximum atomic E-state index is 11.8. The second kappa shape index (κ2) is 7.94. The average Bonchev–Trinajstić information content (AvgIpc) is 3.25. The van der Waals surface area contributed by atoms with E-state index in [1.54, 1.807) is 23.1 Å². The Kier molecular flexibility index (Phi) is 5.44. The highest BCUT2D eigenvalue weighted by Crippen LogP contribution is 2.21. The van der Waals surface area contributed by atoms with Crippen LogP contribution in [0.1, 0.15) is 11.5 Å². The van der Waals surface area contributed by atoms with Gasteiger partial charge in [0.1, 0.15) is 0 Å². The van der Waals surface area contributed by atoms with Gasteiger partial charge in [0.15, 0.2) is 0 Å². The highest BCUT2D eigenvalue weighted by molar-refractivity contribution is 7.99. The predicted octanol–water partition coefficient (Wildman–Crippen LogP) is 3.35. The molecule has 1 amide bonds. The normalized spacial score (nSPS) is 10.6. The van der Waals surface area contributed by atoms with Crippen molar-refractivity contribution >= 4 is 29.0 Å². The van der Waals surface area contributed by atoms with Gasteiger partial charge in [0.25, 0.3) is 0 Å². The van der Waals surface area contributed by atoms with Gasteiger partial charge in [0.2, 0.25) is 17.6 Å². The number of carbonyl (C=O) groups is 1. The Morgan fingerprint density at radius 2 is 2.09 bits per heavy atom. The molecule has 0 spiro atoms. The average molecular weight is 345 g/mol. The third-order valence-corrected chi connectivity index (χ3v) is 4.86. The molecule has 5 nitrogen and oxygen atoms in total. The molecule has 0 aliphatic rings. The molecule has 0 saturated carbocycles. The standard InChI is InChI=1S/C16H15N3O2S2/c20-14(11-22-10-12-5-2-1-3-6-12)17-9-15-18-16(19-21-15)13-7-4-8-23-13/h1-8H,9-11H2,(H,17,20). The Balaban J connectivity index is 1.41. The first-order valence-electron chi connectivity index (χ1n) is 7.06. The van der Waals surface area contributed by atoms with Gasteiger partial charge in [-0.3, -0.25) is 4.79 Å². The number of thiophene rings is 1. The summed E-state index contributed by atoms with van der Waals surface area (Å²) in [5, 5.41) is 8.65. The molecule has 0 bridgehead atoms. The molecule has 3 aromatic rings. The third kappa shape index (κ3) is 4.67. The van der Waals surface area contributed by atoms with Crippen LogP contribution in [0.15, 0.2) is 52.4 Å². The Morgan fingerprint density at radius 3 is 2.87 bits per heavy atom. The summed E-state index contributed by atoms with van der Waals surface area (Å²) in [6.45, 7) is 0.253.